The van der Waals surface area contributed by atoms with Gasteiger partial charge in [-0.1, -0.05) is 18.2 Å². The molecule has 8 heteroatoms. The number of hydrogen-bond donors (Lipinski definition) is 1. The Morgan fingerprint density at radius 2 is 1.88 bits per heavy atom. The molecule has 2 heterocycles. The average Bonchev–Trinajstić information content (AvgIpc) is 3.28. The summed E-state index contributed by atoms with van der Waals surface area (Å²) in [5.41, 5.74) is 1.99. The Morgan fingerprint density at radius 3 is 2.60 bits per heavy atom. The fraction of sp³-hybridized carbons (Fsp3) is 0.176. The van der Waals surface area contributed by atoms with Gasteiger partial charge in [-0.3, -0.25) is 10.1 Å². The number of nitrogens with one attached hydrogen (secondary N) is 1. The number of nitro benzene ring substituents is 1. The maximum Gasteiger partial charge on any atom is 0.269 e. The summed E-state index contributed by atoms with van der Waals surface area (Å²) in [6.45, 7) is 0.457. The van der Waals surface area contributed by atoms with Crippen LogP contribution in [-0.4, -0.2) is 35.2 Å². The molecule has 1 aromatic heterocycles. The molecule has 4 rings (SSSR count). The second-order valence-corrected chi connectivity index (χ2v) is 7.93. The first-order valence-corrected chi connectivity index (χ1v) is 9.22. The zero-order valence-electron chi connectivity index (χ0n) is 13.1. The number of benzene rings is 2. The third kappa shape index (κ3) is 2.79. The Kier molecular flexibility index (Phi) is 3.59. The Labute approximate surface area is 144 Å². The molecule has 25 heavy (non-hydrogen) atoms. The highest BCUT2D eigenvalue weighted by Crippen LogP contribution is 2.32. The molecule has 1 unspecified atom stereocenters. The van der Waals surface area contributed by atoms with Gasteiger partial charge in [0.1, 0.15) is 0 Å². The zero-order valence-corrected chi connectivity index (χ0v) is 13.9. The van der Waals surface area contributed by atoms with E-state index >= 15 is 0 Å². The number of aromatic amines is 1. The second-order valence-electron chi connectivity index (χ2n) is 6.04. The highest BCUT2D eigenvalue weighted by Gasteiger charge is 2.44. The quantitative estimate of drug-likeness (QED) is 0.431. The lowest BCUT2D eigenvalue weighted by Gasteiger charge is -2.06. The highest BCUT2D eigenvalue weighted by molar-refractivity contribution is 7.89. The third-order valence-corrected chi connectivity index (χ3v) is 6.38. The monoisotopic (exact) mass is 357 g/mol. The first-order valence-electron chi connectivity index (χ1n) is 7.78. The maximum absolute atomic E-state index is 12.6. The van der Waals surface area contributed by atoms with Crippen LogP contribution in [0.3, 0.4) is 0 Å². The molecule has 0 radical (unpaired) electrons. The number of rotatable bonds is 5. The molecule has 0 amide bonds. The fourth-order valence-corrected chi connectivity index (χ4v) is 4.64. The number of aromatic nitrogens is 1. The fourth-order valence-electron chi connectivity index (χ4n) is 3.05. The van der Waals surface area contributed by atoms with Gasteiger partial charge in [-0.05, 0) is 30.2 Å². The Hall–Kier alpha value is -2.71. The van der Waals surface area contributed by atoms with Crippen molar-refractivity contribution in [3.8, 4) is 0 Å². The van der Waals surface area contributed by atoms with E-state index in [-0.39, 0.29) is 16.6 Å². The zero-order chi connectivity index (χ0) is 17.6. The van der Waals surface area contributed by atoms with Crippen LogP contribution in [0.4, 0.5) is 5.69 Å². The van der Waals surface area contributed by atoms with Crippen LogP contribution in [0, 0.1) is 10.1 Å². The summed E-state index contributed by atoms with van der Waals surface area (Å²) in [5.74, 6) is 0. The van der Waals surface area contributed by atoms with E-state index in [1.54, 1.807) is 0 Å². The summed E-state index contributed by atoms with van der Waals surface area (Å²) in [6.07, 6.45) is 2.55. The molecule has 1 N–H and O–H groups in total. The maximum atomic E-state index is 12.6. The molecule has 1 aliphatic heterocycles. The van der Waals surface area contributed by atoms with Gasteiger partial charge in [0.15, 0.2) is 0 Å². The number of nitrogens with zero attached hydrogens (tertiary/aromatic N) is 2. The second kappa shape index (κ2) is 5.68. The summed E-state index contributed by atoms with van der Waals surface area (Å²) in [7, 11) is -3.61. The van der Waals surface area contributed by atoms with Crippen molar-refractivity contribution < 1.29 is 13.3 Å². The molecule has 1 fully saturated rings. The van der Waals surface area contributed by atoms with Crippen molar-refractivity contribution in [2.45, 2.75) is 17.4 Å². The van der Waals surface area contributed by atoms with Crippen molar-refractivity contribution in [2.24, 2.45) is 0 Å². The number of fused-ring (bicyclic) bond motifs is 1. The normalized spacial score (nSPS) is 19.8. The van der Waals surface area contributed by atoms with Gasteiger partial charge >= 0.3 is 0 Å². The van der Waals surface area contributed by atoms with Gasteiger partial charge in [-0.2, -0.15) is 4.31 Å². The molecule has 0 bridgehead atoms. The van der Waals surface area contributed by atoms with Gasteiger partial charge in [0, 0.05) is 41.8 Å². The Morgan fingerprint density at radius 1 is 1.16 bits per heavy atom. The Balaban J connectivity index is 1.52. The highest BCUT2D eigenvalue weighted by atomic mass is 32.2. The van der Waals surface area contributed by atoms with Gasteiger partial charge in [0.05, 0.1) is 9.82 Å². The van der Waals surface area contributed by atoms with Crippen LogP contribution in [-0.2, 0) is 16.4 Å². The van der Waals surface area contributed by atoms with Crippen molar-refractivity contribution in [2.75, 3.05) is 6.54 Å². The van der Waals surface area contributed by atoms with Crippen LogP contribution < -0.4 is 0 Å². The molecular weight excluding hydrogens is 342 g/mol. The smallest absolute Gasteiger partial charge is 0.269 e. The van der Waals surface area contributed by atoms with Gasteiger partial charge in [0.2, 0.25) is 10.0 Å². The molecule has 3 aromatic rings. The van der Waals surface area contributed by atoms with Gasteiger partial charge in [-0.25, -0.2) is 8.42 Å². The summed E-state index contributed by atoms with van der Waals surface area (Å²) in [6, 6.07) is 12.8. The van der Waals surface area contributed by atoms with Crippen molar-refractivity contribution in [1.29, 1.82) is 0 Å². The van der Waals surface area contributed by atoms with Crippen LogP contribution in [0.5, 0.6) is 0 Å². The summed E-state index contributed by atoms with van der Waals surface area (Å²) in [4.78, 5) is 13.4. The van der Waals surface area contributed by atoms with E-state index in [0.717, 1.165) is 16.5 Å². The molecule has 2 aromatic carbocycles. The summed E-state index contributed by atoms with van der Waals surface area (Å²) >= 11 is 0. The predicted molar refractivity (Wildman–Crippen MR) is 92.8 cm³/mol. The molecule has 1 saturated heterocycles. The minimum Gasteiger partial charge on any atom is -0.361 e. The van der Waals surface area contributed by atoms with Gasteiger partial charge in [-0.15, -0.1) is 0 Å². The van der Waals surface area contributed by atoms with Crippen LogP contribution in [0.25, 0.3) is 10.9 Å². The molecule has 0 spiro atoms. The van der Waals surface area contributed by atoms with Gasteiger partial charge in [0.25, 0.3) is 5.69 Å². The lowest BCUT2D eigenvalue weighted by atomic mass is 10.1. The third-order valence-electron chi connectivity index (χ3n) is 4.45. The molecular formula is C17H15N3O4S. The number of sulfonamides is 1. The largest absolute Gasteiger partial charge is 0.361 e. The van der Waals surface area contributed by atoms with E-state index in [1.165, 1.54) is 28.6 Å². The van der Waals surface area contributed by atoms with Crippen molar-refractivity contribution in [3.05, 3.63) is 70.4 Å². The first-order chi connectivity index (χ1) is 12.0. The van der Waals surface area contributed by atoms with Crippen molar-refractivity contribution >= 4 is 26.6 Å². The Bertz CT molecular complexity index is 1060. The topological polar surface area (TPSA) is 96.1 Å². The van der Waals surface area contributed by atoms with Crippen molar-refractivity contribution in [1.82, 2.24) is 9.29 Å². The molecule has 2 atom stereocenters. The molecule has 1 aliphatic rings. The molecule has 0 saturated carbocycles. The van der Waals surface area contributed by atoms with E-state index in [0.29, 0.717) is 13.0 Å². The summed E-state index contributed by atoms with van der Waals surface area (Å²) < 4.78 is 26.7. The number of nitro groups is 1. The minimum absolute atomic E-state index is 0.0829. The number of para-hydroxylation sites is 1. The van der Waals surface area contributed by atoms with E-state index < -0.39 is 14.9 Å². The van der Waals surface area contributed by atoms with E-state index in [1.807, 2.05) is 30.5 Å². The molecule has 7 nitrogen and oxygen atoms in total. The van der Waals surface area contributed by atoms with Crippen LogP contribution >= 0.6 is 0 Å². The lowest BCUT2D eigenvalue weighted by Crippen LogP contribution is -2.15. The number of hydrogen-bond acceptors (Lipinski definition) is 4. The van der Waals surface area contributed by atoms with Crippen molar-refractivity contribution in [3.63, 3.8) is 0 Å². The lowest BCUT2D eigenvalue weighted by molar-refractivity contribution is -0.384. The van der Waals surface area contributed by atoms with E-state index in [4.69, 9.17) is 0 Å². The average molecular weight is 357 g/mol. The summed E-state index contributed by atoms with van der Waals surface area (Å²) in [5, 5.41) is 11.8. The van der Waals surface area contributed by atoms with Crippen LogP contribution in [0.1, 0.15) is 5.56 Å². The molecule has 128 valence electrons. The van der Waals surface area contributed by atoms with E-state index in [9.17, 15) is 18.5 Å². The minimum atomic E-state index is -3.61. The van der Waals surface area contributed by atoms with Crippen LogP contribution in [0.2, 0.25) is 0 Å². The predicted octanol–water partition coefficient (Wildman–Crippen LogP) is 2.69. The SMILES string of the molecule is O=[N+]([O-])c1ccc(S(=O)(=O)N2C[C@H]2Cc2c[nH]c3ccccc23)cc1. The standard InChI is InChI=1S/C17H15N3O4S/c21-20(22)13-5-7-15(8-6-13)25(23,24)19-11-14(19)9-12-10-18-17-4-2-1-3-16(12)17/h1-8,10,14,18H,9,11H2/t14-,19?/m1/s1. The number of non-ortho nitro benzene ring substituents is 1. The van der Waals surface area contributed by atoms with Crippen LogP contribution in [0.15, 0.2) is 59.6 Å². The molecule has 0 aliphatic carbocycles. The van der Waals surface area contributed by atoms with E-state index in [2.05, 4.69) is 4.98 Å². The number of H-pyrrole nitrogens is 1. The first kappa shape index (κ1) is 15.8. The van der Waals surface area contributed by atoms with Gasteiger partial charge < -0.3 is 4.98 Å².